The van der Waals surface area contributed by atoms with Gasteiger partial charge in [0, 0.05) is 37.7 Å². The van der Waals surface area contributed by atoms with Gasteiger partial charge in [-0.25, -0.2) is 4.98 Å². The van der Waals surface area contributed by atoms with Crippen molar-refractivity contribution in [1.29, 1.82) is 0 Å². The van der Waals surface area contributed by atoms with Crippen LogP contribution in [-0.2, 0) is 6.54 Å². The average molecular weight is 454 g/mol. The van der Waals surface area contributed by atoms with E-state index in [9.17, 15) is 5.11 Å². The molecule has 1 N–H and O–H groups in total. The van der Waals surface area contributed by atoms with Crippen LogP contribution in [0.2, 0.25) is 5.02 Å². The Bertz CT molecular complexity index is 1170. The molecule has 2 aromatic carbocycles. The molecule has 1 fully saturated rings. The van der Waals surface area contributed by atoms with Crippen molar-refractivity contribution in [2.75, 3.05) is 26.2 Å². The third-order valence-electron chi connectivity index (χ3n) is 5.76. The number of nitrogens with zero attached hydrogens (tertiary/aromatic N) is 5. The van der Waals surface area contributed by atoms with Crippen molar-refractivity contribution >= 4 is 27.9 Å². The third-order valence-corrected chi connectivity index (χ3v) is 7.09. The summed E-state index contributed by atoms with van der Waals surface area (Å²) in [7, 11) is 0. The first-order valence-electron chi connectivity index (χ1n) is 10.4. The lowest BCUT2D eigenvalue weighted by Gasteiger charge is -2.39. The molecule has 31 heavy (non-hydrogen) atoms. The molecular formula is C23H24ClN5OS. The lowest BCUT2D eigenvalue weighted by Crippen LogP contribution is -2.47. The van der Waals surface area contributed by atoms with Gasteiger partial charge in [-0.3, -0.25) is 9.80 Å². The molecular weight excluding hydrogens is 430 g/mol. The SMILES string of the molecule is Cc1nc2sc(C(c3ccc(Cl)cc3)N3CCN(Cc4ccccc4)CC3)c(O)n2n1. The van der Waals surface area contributed by atoms with Crippen LogP contribution in [0.25, 0.3) is 4.96 Å². The maximum Gasteiger partial charge on any atom is 0.230 e. The second kappa shape index (κ2) is 8.59. The number of aromatic nitrogens is 3. The van der Waals surface area contributed by atoms with Gasteiger partial charge in [0.15, 0.2) is 0 Å². The summed E-state index contributed by atoms with van der Waals surface area (Å²) >= 11 is 7.65. The van der Waals surface area contributed by atoms with Crippen LogP contribution in [-0.4, -0.2) is 55.7 Å². The number of halogens is 1. The van der Waals surface area contributed by atoms with E-state index in [0.717, 1.165) is 43.2 Å². The number of thiazole rings is 1. The summed E-state index contributed by atoms with van der Waals surface area (Å²) in [4.78, 5) is 11.0. The Balaban J connectivity index is 1.42. The predicted molar refractivity (Wildman–Crippen MR) is 124 cm³/mol. The Hall–Kier alpha value is -2.45. The molecule has 1 saturated heterocycles. The van der Waals surface area contributed by atoms with Crippen molar-refractivity contribution in [3.63, 3.8) is 0 Å². The zero-order chi connectivity index (χ0) is 21.4. The number of aryl methyl sites for hydroxylation is 1. The highest BCUT2D eigenvalue weighted by atomic mass is 35.5. The Morgan fingerprint density at radius 2 is 1.74 bits per heavy atom. The van der Waals surface area contributed by atoms with E-state index < -0.39 is 0 Å². The molecule has 1 aliphatic rings. The van der Waals surface area contributed by atoms with Gasteiger partial charge in [0.25, 0.3) is 0 Å². The average Bonchev–Trinajstić information content (AvgIpc) is 3.29. The summed E-state index contributed by atoms with van der Waals surface area (Å²) < 4.78 is 1.55. The Morgan fingerprint density at radius 1 is 1.03 bits per heavy atom. The van der Waals surface area contributed by atoms with Crippen LogP contribution in [0.4, 0.5) is 0 Å². The Labute approximate surface area is 190 Å². The van der Waals surface area contributed by atoms with Gasteiger partial charge in [-0.05, 0) is 30.2 Å². The molecule has 6 nitrogen and oxygen atoms in total. The van der Waals surface area contributed by atoms with Gasteiger partial charge >= 0.3 is 0 Å². The van der Waals surface area contributed by atoms with Crippen LogP contribution in [0.3, 0.4) is 0 Å². The van der Waals surface area contributed by atoms with Gasteiger partial charge in [0.05, 0.1) is 10.9 Å². The van der Waals surface area contributed by atoms with Crippen LogP contribution in [0.5, 0.6) is 5.88 Å². The van der Waals surface area contributed by atoms with Crippen LogP contribution in [0.15, 0.2) is 54.6 Å². The van der Waals surface area contributed by atoms with Crippen LogP contribution >= 0.6 is 22.9 Å². The highest BCUT2D eigenvalue weighted by molar-refractivity contribution is 7.17. The molecule has 0 amide bonds. The second-order valence-electron chi connectivity index (χ2n) is 7.90. The van der Waals surface area contributed by atoms with Crippen molar-refractivity contribution < 1.29 is 5.11 Å². The minimum atomic E-state index is -0.0649. The number of benzene rings is 2. The number of hydrogen-bond acceptors (Lipinski definition) is 6. The van der Waals surface area contributed by atoms with Crippen molar-refractivity contribution in [2.45, 2.75) is 19.5 Å². The largest absolute Gasteiger partial charge is 0.492 e. The molecule has 0 saturated carbocycles. The van der Waals surface area contributed by atoms with Crippen LogP contribution < -0.4 is 0 Å². The van der Waals surface area contributed by atoms with E-state index in [1.807, 2.05) is 31.2 Å². The predicted octanol–water partition coefficient (Wildman–Crippen LogP) is 4.37. The zero-order valence-corrected chi connectivity index (χ0v) is 18.9. The van der Waals surface area contributed by atoms with E-state index in [1.54, 1.807) is 4.52 Å². The standard InChI is InChI=1S/C23H24ClN5OS/c1-16-25-23-29(26-16)22(30)21(31-23)20(18-7-9-19(24)10-8-18)28-13-11-27(12-14-28)15-17-5-3-2-4-6-17/h2-10,20,30H,11-15H2,1H3. The maximum absolute atomic E-state index is 11.0. The number of hydrogen-bond donors (Lipinski definition) is 1. The molecule has 1 atom stereocenters. The van der Waals surface area contributed by atoms with Crippen molar-refractivity contribution in [2.24, 2.45) is 0 Å². The Kier molecular flexibility index (Phi) is 5.67. The molecule has 4 aromatic rings. The zero-order valence-electron chi connectivity index (χ0n) is 17.3. The van der Waals surface area contributed by atoms with Gasteiger partial charge in [0.2, 0.25) is 10.8 Å². The summed E-state index contributed by atoms with van der Waals surface area (Å²) in [5.41, 5.74) is 2.45. The van der Waals surface area contributed by atoms with Gasteiger partial charge < -0.3 is 5.11 Å². The molecule has 160 valence electrons. The first kappa shape index (κ1) is 20.5. The monoisotopic (exact) mass is 453 g/mol. The Morgan fingerprint density at radius 3 is 2.42 bits per heavy atom. The summed E-state index contributed by atoms with van der Waals surface area (Å²) in [6.45, 7) is 6.56. The van der Waals surface area contributed by atoms with Crippen LogP contribution in [0, 0.1) is 6.92 Å². The first-order chi connectivity index (χ1) is 15.1. The summed E-state index contributed by atoms with van der Waals surface area (Å²) in [5.74, 6) is 0.831. The van der Waals surface area contributed by atoms with Crippen molar-refractivity contribution in [3.05, 3.63) is 81.4 Å². The van der Waals surface area contributed by atoms with Crippen molar-refractivity contribution in [1.82, 2.24) is 24.4 Å². The van der Waals surface area contributed by atoms with E-state index in [4.69, 9.17) is 11.6 Å². The summed E-state index contributed by atoms with van der Waals surface area (Å²) in [6, 6.07) is 18.4. The number of rotatable bonds is 5. The quantitative estimate of drug-likeness (QED) is 0.486. The van der Waals surface area contributed by atoms with Crippen molar-refractivity contribution in [3.8, 4) is 5.88 Å². The molecule has 1 unspecified atom stereocenters. The topological polar surface area (TPSA) is 56.9 Å². The van der Waals surface area contributed by atoms with E-state index >= 15 is 0 Å². The van der Waals surface area contributed by atoms with Gasteiger partial charge in [-0.2, -0.15) is 4.52 Å². The third kappa shape index (κ3) is 4.19. The van der Waals surface area contributed by atoms with E-state index in [2.05, 4.69) is 50.2 Å². The first-order valence-corrected chi connectivity index (χ1v) is 11.6. The van der Waals surface area contributed by atoms with Gasteiger partial charge in [-0.1, -0.05) is 65.4 Å². The van der Waals surface area contributed by atoms with E-state index in [0.29, 0.717) is 15.8 Å². The minimum Gasteiger partial charge on any atom is -0.492 e. The smallest absolute Gasteiger partial charge is 0.230 e. The molecule has 0 bridgehead atoms. The fourth-order valence-electron chi connectivity index (χ4n) is 4.22. The number of aromatic hydroxyl groups is 1. The summed E-state index contributed by atoms with van der Waals surface area (Å²) in [6.07, 6.45) is 0. The molecule has 1 aliphatic heterocycles. The van der Waals surface area contributed by atoms with Gasteiger partial charge in [0.1, 0.15) is 5.82 Å². The molecule has 0 radical (unpaired) electrons. The highest BCUT2D eigenvalue weighted by Gasteiger charge is 2.31. The lowest BCUT2D eigenvalue weighted by atomic mass is 10.0. The fraction of sp³-hybridized carbons (Fsp3) is 0.304. The molecule has 2 aromatic heterocycles. The fourth-order valence-corrected chi connectivity index (χ4v) is 5.51. The van der Waals surface area contributed by atoms with Crippen LogP contribution in [0.1, 0.15) is 27.9 Å². The summed E-state index contributed by atoms with van der Waals surface area (Å²) in [5, 5.41) is 16.0. The van der Waals surface area contributed by atoms with E-state index in [-0.39, 0.29) is 11.9 Å². The maximum atomic E-state index is 11.0. The highest BCUT2D eigenvalue weighted by Crippen LogP contribution is 2.40. The number of piperazine rings is 1. The second-order valence-corrected chi connectivity index (χ2v) is 9.34. The molecule has 8 heteroatoms. The number of fused-ring (bicyclic) bond motifs is 1. The lowest BCUT2D eigenvalue weighted by molar-refractivity contribution is 0.105. The molecule has 0 aliphatic carbocycles. The minimum absolute atomic E-state index is 0.0649. The normalized spacial score (nSPS) is 16.7. The molecule has 0 spiro atoms. The van der Waals surface area contributed by atoms with Gasteiger partial charge in [-0.15, -0.1) is 5.10 Å². The molecule has 5 rings (SSSR count). The van der Waals surface area contributed by atoms with E-state index in [1.165, 1.54) is 16.9 Å². The molecule has 3 heterocycles.